The molecule has 1 aromatic carbocycles. The number of H-pyrrole nitrogens is 1. The molecule has 2 N–H and O–H groups in total. The van der Waals surface area contributed by atoms with E-state index < -0.39 is 0 Å². The van der Waals surface area contributed by atoms with Crippen molar-refractivity contribution in [2.75, 3.05) is 11.9 Å². The number of aromatic nitrogens is 2. The first-order valence-corrected chi connectivity index (χ1v) is 7.27. The van der Waals surface area contributed by atoms with Gasteiger partial charge < -0.3 is 10.1 Å². The average molecular weight is 308 g/mol. The Hall–Kier alpha value is -2.01. The van der Waals surface area contributed by atoms with Crippen LogP contribution in [0.4, 0.5) is 5.82 Å². The smallest absolute Gasteiger partial charge is 0.229 e. The van der Waals surface area contributed by atoms with Crippen molar-refractivity contribution in [1.29, 1.82) is 0 Å². The Bertz CT molecular complexity index is 598. The normalized spacial score (nSPS) is 10.4. The molecule has 112 valence electrons. The molecule has 0 bridgehead atoms. The summed E-state index contributed by atoms with van der Waals surface area (Å²) in [6.07, 6.45) is 2.20. The fourth-order valence-electron chi connectivity index (χ4n) is 1.85. The number of hydrogen-bond donors (Lipinski definition) is 2. The number of hydrogen-bond acceptors (Lipinski definition) is 3. The van der Waals surface area contributed by atoms with Crippen molar-refractivity contribution in [3.05, 3.63) is 41.0 Å². The largest absolute Gasteiger partial charge is 0.493 e. The molecule has 1 amide bonds. The third-order valence-corrected chi connectivity index (χ3v) is 3.05. The van der Waals surface area contributed by atoms with Crippen LogP contribution in [-0.2, 0) is 11.2 Å². The molecule has 21 heavy (non-hydrogen) atoms. The number of nitrogens with zero attached hydrogens (tertiary/aromatic N) is 1. The predicted octanol–water partition coefficient (Wildman–Crippen LogP) is 3.42. The zero-order chi connectivity index (χ0) is 15.1. The average Bonchev–Trinajstić information content (AvgIpc) is 2.86. The van der Waals surface area contributed by atoms with E-state index in [0.717, 1.165) is 18.5 Å². The van der Waals surface area contributed by atoms with Gasteiger partial charge in [-0.05, 0) is 24.6 Å². The van der Waals surface area contributed by atoms with Gasteiger partial charge in [-0.3, -0.25) is 9.89 Å². The van der Waals surface area contributed by atoms with Crippen molar-refractivity contribution < 1.29 is 9.53 Å². The maximum Gasteiger partial charge on any atom is 0.229 e. The highest BCUT2D eigenvalue weighted by molar-refractivity contribution is 6.30. The molecule has 1 aromatic heterocycles. The number of aryl methyl sites for hydroxylation is 1. The quantitative estimate of drug-likeness (QED) is 0.823. The van der Waals surface area contributed by atoms with Crippen LogP contribution in [0.3, 0.4) is 0 Å². The molecule has 0 spiro atoms. The Morgan fingerprint density at radius 3 is 3.05 bits per heavy atom. The molecule has 0 fully saturated rings. The summed E-state index contributed by atoms with van der Waals surface area (Å²) in [4.78, 5) is 11.8. The lowest BCUT2D eigenvalue weighted by molar-refractivity contribution is -0.116. The van der Waals surface area contributed by atoms with Crippen molar-refractivity contribution in [2.45, 2.75) is 26.2 Å². The van der Waals surface area contributed by atoms with Crippen LogP contribution in [0.25, 0.3) is 0 Å². The molecule has 0 unspecified atom stereocenters. The highest BCUT2D eigenvalue weighted by Crippen LogP contribution is 2.17. The van der Waals surface area contributed by atoms with Crippen molar-refractivity contribution in [1.82, 2.24) is 10.2 Å². The third kappa shape index (κ3) is 5.11. The van der Waals surface area contributed by atoms with Crippen LogP contribution >= 0.6 is 11.6 Å². The molecule has 5 nitrogen and oxygen atoms in total. The topological polar surface area (TPSA) is 67.0 Å². The van der Waals surface area contributed by atoms with Crippen LogP contribution in [0.1, 0.15) is 25.5 Å². The first-order valence-electron chi connectivity index (χ1n) is 6.90. The number of nitrogens with one attached hydrogen (secondary N) is 2. The molecule has 6 heteroatoms. The van der Waals surface area contributed by atoms with Crippen molar-refractivity contribution >= 4 is 23.3 Å². The van der Waals surface area contributed by atoms with Crippen molar-refractivity contribution in [2.24, 2.45) is 0 Å². The lowest BCUT2D eigenvalue weighted by Crippen LogP contribution is -2.15. The van der Waals surface area contributed by atoms with E-state index in [1.807, 2.05) is 6.07 Å². The van der Waals surface area contributed by atoms with Gasteiger partial charge in [0.25, 0.3) is 0 Å². The number of amides is 1. The molecular weight excluding hydrogens is 290 g/mol. The first kappa shape index (κ1) is 15.4. The summed E-state index contributed by atoms with van der Waals surface area (Å²) in [7, 11) is 0. The number of benzene rings is 1. The molecular formula is C15H18ClN3O2. The predicted molar refractivity (Wildman–Crippen MR) is 82.8 cm³/mol. The maximum absolute atomic E-state index is 11.8. The van der Waals surface area contributed by atoms with Crippen LogP contribution < -0.4 is 10.1 Å². The van der Waals surface area contributed by atoms with Crippen molar-refractivity contribution in [3.8, 4) is 5.75 Å². The van der Waals surface area contributed by atoms with Gasteiger partial charge in [0.15, 0.2) is 5.82 Å². The summed E-state index contributed by atoms with van der Waals surface area (Å²) in [6, 6.07) is 8.93. The number of carbonyl (C=O) groups excluding carboxylic acids is 1. The van der Waals surface area contributed by atoms with Crippen LogP contribution in [0.2, 0.25) is 5.02 Å². The SMILES string of the molecule is CCCc1cc(NC(=O)CCOc2cccc(Cl)c2)n[nH]1. The Morgan fingerprint density at radius 2 is 2.29 bits per heavy atom. The number of rotatable bonds is 7. The van der Waals surface area contributed by atoms with E-state index in [4.69, 9.17) is 16.3 Å². The Kier molecular flexibility index (Phi) is 5.63. The van der Waals surface area contributed by atoms with Gasteiger partial charge in [0.1, 0.15) is 5.75 Å². The molecule has 0 saturated carbocycles. The summed E-state index contributed by atoms with van der Waals surface area (Å²) < 4.78 is 5.47. The second-order valence-corrected chi connectivity index (χ2v) is 5.07. The van der Waals surface area contributed by atoms with Gasteiger partial charge >= 0.3 is 0 Å². The lowest BCUT2D eigenvalue weighted by atomic mass is 10.2. The second kappa shape index (κ2) is 7.69. The van der Waals surface area contributed by atoms with Gasteiger partial charge in [-0.15, -0.1) is 0 Å². The summed E-state index contributed by atoms with van der Waals surface area (Å²) >= 11 is 5.85. The highest BCUT2D eigenvalue weighted by Gasteiger charge is 2.06. The summed E-state index contributed by atoms with van der Waals surface area (Å²) in [5.41, 5.74) is 1.02. The molecule has 0 atom stereocenters. The van der Waals surface area contributed by atoms with E-state index in [-0.39, 0.29) is 12.3 Å². The minimum atomic E-state index is -0.133. The molecule has 2 rings (SSSR count). The first-order chi connectivity index (χ1) is 10.2. The van der Waals surface area contributed by atoms with Gasteiger partial charge in [0.2, 0.25) is 5.91 Å². The van der Waals surface area contributed by atoms with E-state index in [2.05, 4.69) is 22.4 Å². The van der Waals surface area contributed by atoms with Crippen LogP contribution in [0, 0.1) is 0 Å². The second-order valence-electron chi connectivity index (χ2n) is 4.63. The summed E-state index contributed by atoms with van der Waals surface area (Å²) in [5.74, 6) is 1.07. The number of ether oxygens (including phenoxy) is 1. The molecule has 0 radical (unpaired) electrons. The summed E-state index contributed by atoms with van der Waals surface area (Å²) in [5, 5.41) is 10.3. The van der Waals surface area contributed by atoms with Crippen molar-refractivity contribution in [3.63, 3.8) is 0 Å². The minimum Gasteiger partial charge on any atom is -0.493 e. The Balaban J connectivity index is 1.74. The zero-order valence-corrected chi connectivity index (χ0v) is 12.6. The number of aromatic amines is 1. The van der Waals surface area contributed by atoms with Gasteiger partial charge in [0.05, 0.1) is 13.0 Å². The molecule has 0 aliphatic rings. The van der Waals surface area contributed by atoms with Gasteiger partial charge in [-0.2, -0.15) is 5.10 Å². The van der Waals surface area contributed by atoms with E-state index in [9.17, 15) is 4.79 Å². The van der Waals surface area contributed by atoms with E-state index in [0.29, 0.717) is 23.2 Å². The molecule has 0 saturated heterocycles. The van der Waals surface area contributed by atoms with Crippen LogP contribution in [0.5, 0.6) is 5.75 Å². The molecule has 0 aliphatic heterocycles. The highest BCUT2D eigenvalue weighted by atomic mass is 35.5. The van der Waals surface area contributed by atoms with Gasteiger partial charge in [0, 0.05) is 16.8 Å². The fourth-order valence-corrected chi connectivity index (χ4v) is 2.03. The van der Waals surface area contributed by atoms with E-state index in [1.54, 1.807) is 24.3 Å². The molecule has 0 aliphatic carbocycles. The molecule has 2 aromatic rings. The molecule has 1 heterocycles. The zero-order valence-electron chi connectivity index (χ0n) is 11.9. The number of halogens is 1. The number of carbonyl (C=O) groups is 1. The maximum atomic E-state index is 11.8. The van der Waals surface area contributed by atoms with Gasteiger partial charge in [-0.25, -0.2) is 0 Å². The number of anilines is 1. The Morgan fingerprint density at radius 1 is 1.43 bits per heavy atom. The fraction of sp³-hybridized carbons (Fsp3) is 0.333. The lowest BCUT2D eigenvalue weighted by Gasteiger charge is -2.06. The van der Waals surface area contributed by atoms with E-state index >= 15 is 0 Å². The monoisotopic (exact) mass is 307 g/mol. The Labute approximate surface area is 128 Å². The minimum absolute atomic E-state index is 0.133. The summed E-state index contributed by atoms with van der Waals surface area (Å²) in [6.45, 7) is 2.38. The van der Waals surface area contributed by atoms with Crippen LogP contribution in [-0.4, -0.2) is 22.7 Å². The third-order valence-electron chi connectivity index (χ3n) is 2.81. The van der Waals surface area contributed by atoms with Gasteiger partial charge in [-0.1, -0.05) is 31.0 Å². The standard InChI is InChI=1S/C15H18ClN3O2/c1-2-4-12-10-14(19-18-12)17-15(20)7-8-21-13-6-3-5-11(16)9-13/h3,5-6,9-10H,2,4,7-8H2,1H3,(H2,17,18,19,20). The van der Waals surface area contributed by atoms with E-state index in [1.165, 1.54) is 0 Å². The van der Waals surface area contributed by atoms with Crippen LogP contribution in [0.15, 0.2) is 30.3 Å².